The molecule has 6 heteroatoms. The third kappa shape index (κ3) is 1.84. The van der Waals surface area contributed by atoms with Crippen molar-refractivity contribution in [3.63, 3.8) is 0 Å². The quantitative estimate of drug-likeness (QED) is 0.847. The molecule has 2 rings (SSSR count). The lowest BCUT2D eigenvalue weighted by Gasteiger charge is -1.92. The summed E-state index contributed by atoms with van der Waals surface area (Å²) in [5.74, 6) is 0.296. The van der Waals surface area contributed by atoms with Gasteiger partial charge in [0.15, 0.2) is 5.01 Å². The topological polar surface area (TPSA) is 64.7 Å². The minimum absolute atomic E-state index is 0.296. The number of rotatable bonds is 1. The van der Waals surface area contributed by atoms with E-state index in [0.29, 0.717) is 5.95 Å². The van der Waals surface area contributed by atoms with E-state index in [9.17, 15) is 0 Å². The summed E-state index contributed by atoms with van der Waals surface area (Å²) in [6, 6.07) is 3.77. The fourth-order valence-corrected chi connectivity index (χ4v) is 1.65. The van der Waals surface area contributed by atoms with Gasteiger partial charge in [-0.25, -0.2) is 0 Å². The van der Waals surface area contributed by atoms with Crippen LogP contribution in [0.3, 0.4) is 0 Å². The predicted octanol–water partition coefficient (Wildman–Crippen LogP) is 1.94. The van der Waals surface area contributed by atoms with E-state index in [-0.39, 0.29) is 0 Å². The highest BCUT2D eigenvalue weighted by molar-refractivity contribution is 9.10. The molecule has 0 bridgehead atoms. The maximum atomic E-state index is 5.40. The van der Waals surface area contributed by atoms with Gasteiger partial charge >= 0.3 is 0 Å². The standard InChI is InChI=1S/C7H5BrN4S/c8-4-1-2-5(10-3-4)6-11-7(9)12-13-6/h1-3H,(H2,9,12). The molecule has 2 aromatic heterocycles. The van der Waals surface area contributed by atoms with Gasteiger partial charge in [-0.05, 0) is 39.6 Å². The molecule has 2 aromatic rings. The van der Waals surface area contributed by atoms with Gasteiger partial charge in [0.25, 0.3) is 0 Å². The molecule has 4 nitrogen and oxygen atoms in total. The van der Waals surface area contributed by atoms with Crippen molar-refractivity contribution >= 4 is 33.4 Å². The zero-order chi connectivity index (χ0) is 9.26. The Morgan fingerprint density at radius 1 is 1.38 bits per heavy atom. The number of anilines is 1. The van der Waals surface area contributed by atoms with E-state index in [4.69, 9.17) is 5.73 Å². The molecule has 0 unspecified atom stereocenters. The van der Waals surface area contributed by atoms with E-state index >= 15 is 0 Å². The third-order valence-corrected chi connectivity index (χ3v) is 2.61. The minimum Gasteiger partial charge on any atom is -0.367 e. The molecule has 2 N–H and O–H groups in total. The van der Waals surface area contributed by atoms with Crippen molar-refractivity contribution < 1.29 is 0 Å². The number of nitrogens with zero attached hydrogens (tertiary/aromatic N) is 3. The maximum absolute atomic E-state index is 5.40. The van der Waals surface area contributed by atoms with Gasteiger partial charge < -0.3 is 5.73 Å². The molecule has 0 saturated carbocycles. The Morgan fingerprint density at radius 2 is 2.23 bits per heavy atom. The van der Waals surface area contributed by atoms with Gasteiger partial charge in [-0.2, -0.15) is 9.36 Å². The summed E-state index contributed by atoms with van der Waals surface area (Å²) in [6.07, 6.45) is 1.72. The summed E-state index contributed by atoms with van der Waals surface area (Å²) >= 11 is 4.55. The molecule has 0 saturated heterocycles. The van der Waals surface area contributed by atoms with Crippen molar-refractivity contribution in [1.29, 1.82) is 0 Å². The van der Waals surface area contributed by atoms with Gasteiger partial charge in [0, 0.05) is 10.7 Å². The second-order valence-electron chi connectivity index (χ2n) is 2.32. The molecule has 13 heavy (non-hydrogen) atoms. The van der Waals surface area contributed by atoms with E-state index in [1.54, 1.807) is 6.20 Å². The van der Waals surface area contributed by atoms with Crippen molar-refractivity contribution in [2.24, 2.45) is 0 Å². The summed E-state index contributed by atoms with van der Waals surface area (Å²) in [7, 11) is 0. The summed E-state index contributed by atoms with van der Waals surface area (Å²) in [4.78, 5) is 8.19. The number of aromatic nitrogens is 3. The molecular formula is C7H5BrN4S. The van der Waals surface area contributed by atoms with Gasteiger partial charge in [-0.1, -0.05) is 0 Å². The van der Waals surface area contributed by atoms with Crippen molar-refractivity contribution in [3.05, 3.63) is 22.8 Å². The van der Waals surface area contributed by atoms with Crippen molar-refractivity contribution in [3.8, 4) is 10.7 Å². The van der Waals surface area contributed by atoms with Crippen LogP contribution in [-0.2, 0) is 0 Å². The van der Waals surface area contributed by atoms with E-state index in [1.165, 1.54) is 11.5 Å². The Labute approximate surface area is 87.1 Å². The third-order valence-electron chi connectivity index (χ3n) is 1.39. The first-order valence-corrected chi connectivity index (χ1v) is 5.03. The average Bonchev–Trinajstić information content (AvgIpc) is 2.53. The minimum atomic E-state index is 0.296. The monoisotopic (exact) mass is 256 g/mol. The molecule has 2 heterocycles. The lowest BCUT2D eigenvalue weighted by Crippen LogP contribution is -1.86. The molecule has 0 fully saturated rings. The zero-order valence-electron chi connectivity index (χ0n) is 6.44. The number of halogens is 1. The molecule has 0 aromatic carbocycles. The first kappa shape index (κ1) is 8.58. The predicted molar refractivity (Wildman–Crippen MR) is 55.3 cm³/mol. The lowest BCUT2D eigenvalue weighted by molar-refractivity contribution is 1.27. The average molecular weight is 257 g/mol. The van der Waals surface area contributed by atoms with Crippen LogP contribution < -0.4 is 5.73 Å². The summed E-state index contributed by atoms with van der Waals surface area (Å²) in [5.41, 5.74) is 6.19. The number of hydrogen-bond donors (Lipinski definition) is 1. The number of pyridine rings is 1. The number of nitrogen functional groups attached to an aromatic ring is 1. The van der Waals surface area contributed by atoms with E-state index < -0.39 is 0 Å². The number of hydrogen-bond acceptors (Lipinski definition) is 5. The van der Waals surface area contributed by atoms with Gasteiger partial charge in [0.05, 0.1) is 0 Å². The Balaban J connectivity index is 2.41. The second-order valence-corrected chi connectivity index (χ2v) is 3.99. The van der Waals surface area contributed by atoms with Gasteiger partial charge in [0.1, 0.15) is 5.69 Å². The Hall–Kier alpha value is -1.01. The van der Waals surface area contributed by atoms with Crippen molar-refractivity contribution in [2.45, 2.75) is 0 Å². The molecule has 0 radical (unpaired) electrons. The molecule has 0 aliphatic rings. The Bertz CT molecular complexity index is 411. The van der Waals surface area contributed by atoms with Crippen LogP contribution in [0.25, 0.3) is 10.7 Å². The molecule has 0 aliphatic carbocycles. The van der Waals surface area contributed by atoms with Gasteiger partial charge in [-0.15, -0.1) is 0 Å². The van der Waals surface area contributed by atoms with Crippen LogP contribution >= 0.6 is 27.5 Å². The van der Waals surface area contributed by atoms with Crippen LogP contribution in [-0.4, -0.2) is 14.3 Å². The lowest BCUT2D eigenvalue weighted by atomic mass is 10.4. The molecule has 0 spiro atoms. The van der Waals surface area contributed by atoms with Crippen LogP contribution in [0.5, 0.6) is 0 Å². The molecule has 0 aliphatic heterocycles. The molecule has 0 atom stereocenters. The highest BCUT2D eigenvalue weighted by Gasteiger charge is 2.04. The fraction of sp³-hybridized carbons (Fsp3) is 0. The van der Waals surface area contributed by atoms with Crippen LogP contribution in [0.15, 0.2) is 22.8 Å². The first-order valence-electron chi connectivity index (χ1n) is 3.47. The smallest absolute Gasteiger partial charge is 0.232 e. The Morgan fingerprint density at radius 3 is 2.77 bits per heavy atom. The van der Waals surface area contributed by atoms with Crippen LogP contribution in [0, 0.1) is 0 Å². The largest absolute Gasteiger partial charge is 0.367 e. The highest BCUT2D eigenvalue weighted by Crippen LogP contribution is 2.20. The van der Waals surface area contributed by atoms with Crippen LogP contribution in [0.1, 0.15) is 0 Å². The SMILES string of the molecule is Nc1nsc(-c2ccc(Br)cn2)n1. The van der Waals surface area contributed by atoms with Crippen molar-refractivity contribution in [2.75, 3.05) is 5.73 Å². The molecule has 66 valence electrons. The fourth-order valence-electron chi connectivity index (χ4n) is 0.841. The molecule has 0 amide bonds. The normalized spacial score (nSPS) is 10.2. The summed E-state index contributed by atoms with van der Waals surface area (Å²) < 4.78 is 4.81. The Kier molecular flexibility index (Phi) is 2.24. The van der Waals surface area contributed by atoms with Crippen LogP contribution in [0.4, 0.5) is 5.95 Å². The number of nitrogens with two attached hydrogens (primary N) is 1. The first-order chi connectivity index (χ1) is 6.25. The van der Waals surface area contributed by atoms with E-state index in [2.05, 4.69) is 30.3 Å². The summed E-state index contributed by atoms with van der Waals surface area (Å²) in [6.45, 7) is 0. The van der Waals surface area contributed by atoms with E-state index in [0.717, 1.165) is 15.2 Å². The van der Waals surface area contributed by atoms with Gasteiger partial charge in [-0.3, -0.25) is 4.98 Å². The van der Waals surface area contributed by atoms with Gasteiger partial charge in [0.2, 0.25) is 5.95 Å². The maximum Gasteiger partial charge on any atom is 0.232 e. The van der Waals surface area contributed by atoms with Crippen molar-refractivity contribution in [1.82, 2.24) is 14.3 Å². The summed E-state index contributed by atoms with van der Waals surface area (Å²) in [5, 5.41) is 0.741. The second kappa shape index (κ2) is 3.39. The molecular weight excluding hydrogens is 252 g/mol. The zero-order valence-corrected chi connectivity index (χ0v) is 8.84. The van der Waals surface area contributed by atoms with E-state index in [1.807, 2.05) is 12.1 Å². The highest BCUT2D eigenvalue weighted by atomic mass is 79.9. The van der Waals surface area contributed by atoms with Crippen LogP contribution in [0.2, 0.25) is 0 Å².